The van der Waals surface area contributed by atoms with Gasteiger partial charge < -0.3 is 5.11 Å². The van der Waals surface area contributed by atoms with Gasteiger partial charge in [0.05, 0.1) is 6.10 Å². The molecule has 1 rings (SSSR count). The minimum absolute atomic E-state index is 0.0527. The highest BCUT2D eigenvalue weighted by Crippen LogP contribution is 2.01. The van der Waals surface area contributed by atoms with Crippen molar-refractivity contribution in [3.63, 3.8) is 0 Å². The molecule has 4 nitrogen and oxygen atoms in total. The van der Waals surface area contributed by atoms with Gasteiger partial charge >= 0.3 is 0 Å². The predicted octanol–water partition coefficient (Wildman–Crippen LogP) is -0.506. The van der Waals surface area contributed by atoms with Crippen LogP contribution in [0.1, 0.15) is 19.8 Å². The number of aliphatic hydroxyl groups is 1. The lowest BCUT2D eigenvalue weighted by molar-refractivity contribution is -0.129. The van der Waals surface area contributed by atoms with Gasteiger partial charge in [-0.15, -0.1) is 0 Å². The van der Waals surface area contributed by atoms with Gasteiger partial charge in [-0.3, -0.25) is 10.2 Å². The number of rotatable bonds is 2. The van der Waals surface area contributed by atoms with E-state index in [2.05, 4.69) is 5.43 Å². The van der Waals surface area contributed by atoms with E-state index in [0.29, 0.717) is 13.0 Å². The molecule has 4 heteroatoms. The monoisotopic (exact) mass is 158 g/mol. The normalized spacial score (nSPS) is 22.9. The highest BCUT2D eigenvalue weighted by Gasteiger charge is 2.16. The lowest BCUT2D eigenvalue weighted by Crippen LogP contribution is -2.49. The van der Waals surface area contributed by atoms with Crippen LogP contribution in [0.2, 0.25) is 0 Å². The fourth-order valence-corrected chi connectivity index (χ4v) is 1.17. The van der Waals surface area contributed by atoms with Crippen molar-refractivity contribution in [3.8, 4) is 0 Å². The number of carbonyl (C=O) groups is 1. The third-order valence-corrected chi connectivity index (χ3v) is 1.60. The molecule has 1 amide bonds. The number of amides is 1. The zero-order valence-corrected chi connectivity index (χ0v) is 6.71. The van der Waals surface area contributed by atoms with E-state index in [1.54, 1.807) is 11.9 Å². The summed E-state index contributed by atoms with van der Waals surface area (Å²) in [4.78, 5) is 10.8. The predicted molar refractivity (Wildman–Crippen MR) is 40.6 cm³/mol. The van der Waals surface area contributed by atoms with E-state index in [1.165, 1.54) is 0 Å². The molecule has 0 spiro atoms. The second-order valence-electron chi connectivity index (χ2n) is 2.93. The van der Waals surface area contributed by atoms with E-state index in [1.807, 2.05) is 0 Å². The van der Waals surface area contributed by atoms with Crippen LogP contribution < -0.4 is 5.43 Å². The lowest BCUT2D eigenvalue weighted by atomic mass is 10.2. The van der Waals surface area contributed by atoms with Gasteiger partial charge in [-0.25, -0.2) is 5.01 Å². The van der Waals surface area contributed by atoms with Crippen LogP contribution in [-0.4, -0.2) is 35.2 Å². The van der Waals surface area contributed by atoms with Gasteiger partial charge in [0, 0.05) is 19.5 Å². The lowest BCUT2D eigenvalue weighted by Gasteiger charge is -2.27. The van der Waals surface area contributed by atoms with E-state index in [9.17, 15) is 4.79 Å². The molecule has 1 aliphatic rings. The van der Waals surface area contributed by atoms with Crippen molar-refractivity contribution >= 4 is 5.91 Å². The van der Waals surface area contributed by atoms with Crippen LogP contribution >= 0.6 is 0 Å². The molecule has 0 saturated carbocycles. The Morgan fingerprint density at radius 3 is 3.09 bits per heavy atom. The maximum Gasteiger partial charge on any atom is 0.234 e. The Labute approximate surface area is 66.2 Å². The molecule has 11 heavy (non-hydrogen) atoms. The third-order valence-electron chi connectivity index (χ3n) is 1.60. The standard InChI is InChI=1S/C7H14N2O2/c1-6(10)5-9-4-2-3-7(11)8-9/h6,10H,2-5H2,1H3,(H,8,11). The molecule has 64 valence electrons. The summed E-state index contributed by atoms with van der Waals surface area (Å²) in [7, 11) is 0. The summed E-state index contributed by atoms with van der Waals surface area (Å²) in [6.07, 6.45) is 1.11. The molecule has 0 aromatic carbocycles. The first-order chi connectivity index (χ1) is 5.18. The smallest absolute Gasteiger partial charge is 0.234 e. The summed E-state index contributed by atoms with van der Waals surface area (Å²) >= 11 is 0. The van der Waals surface area contributed by atoms with Gasteiger partial charge in [-0.2, -0.15) is 0 Å². The highest BCUT2D eigenvalue weighted by atomic mass is 16.3. The Hall–Kier alpha value is -0.610. The van der Waals surface area contributed by atoms with Gasteiger partial charge in [0.2, 0.25) is 5.91 Å². The van der Waals surface area contributed by atoms with Crippen molar-refractivity contribution < 1.29 is 9.90 Å². The summed E-state index contributed by atoms with van der Waals surface area (Å²) in [5.74, 6) is 0.0527. The molecule has 0 radical (unpaired) electrons. The van der Waals surface area contributed by atoms with E-state index in [-0.39, 0.29) is 12.0 Å². The summed E-state index contributed by atoms with van der Waals surface area (Å²) in [6, 6.07) is 0. The molecule has 0 aliphatic carbocycles. The molecule has 0 aromatic heterocycles. The summed E-state index contributed by atoms with van der Waals surface area (Å²) < 4.78 is 0. The van der Waals surface area contributed by atoms with E-state index < -0.39 is 0 Å². The minimum atomic E-state index is -0.381. The fraction of sp³-hybridized carbons (Fsp3) is 0.857. The average molecular weight is 158 g/mol. The molecule has 1 saturated heterocycles. The zero-order valence-electron chi connectivity index (χ0n) is 6.71. The molecular formula is C7H14N2O2. The van der Waals surface area contributed by atoms with Gasteiger partial charge in [0.25, 0.3) is 0 Å². The Kier molecular flexibility index (Phi) is 2.84. The van der Waals surface area contributed by atoms with Gasteiger partial charge in [-0.05, 0) is 13.3 Å². The number of hydrogen-bond acceptors (Lipinski definition) is 3. The Morgan fingerprint density at radius 1 is 1.82 bits per heavy atom. The molecule has 1 heterocycles. The quantitative estimate of drug-likeness (QED) is 0.569. The summed E-state index contributed by atoms with van der Waals surface area (Å²) in [5, 5.41) is 10.8. The molecule has 1 atom stereocenters. The van der Waals surface area contributed by atoms with Gasteiger partial charge in [-0.1, -0.05) is 0 Å². The highest BCUT2D eigenvalue weighted by molar-refractivity contribution is 5.75. The first-order valence-corrected chi connectivity index (χ1v) is 3.91. The van der Waals surface area contributed by atoms with Crippen LogP contribution in [-0.2, 0) is 4.79 Å². The molecule has 2 N–H and O–H groups in total. The number of aliphatic hydroxyl groups excluding tert-OH is 1. The maximum absolute atomic E-state index is 10.8. The largest absolute Gasteiger partial charge is 0.392 e. The first-order valence-electron chi connectivity index (χ1n) is 3.91. The minimum Gasteiger partial charge on any atom is -0.392 e. The molecule has 0 aromatic rings. The van der Waals surface area contributed by atoms with Crippen LogP contribution in [0.25, 0.3) is 0 Å². The zero-order chi connectivity index (χ0) is 8.27. The van der Waals surface area contributed by atoms with Gasteiger partial charge in [0.1, 0.15) is 0 Å². The molecular weight excluding hydrogens is 144 g/mol. The number of nitrogens with one attached hydrogen (secondary N) is 1. The Bertz CT molecular complexity index is 147. The molecule has 1 unspecified atom stereocenters. The Morgan fingerprint density at radius 2 is 2.55 bits per heavy atom. The first kappa shape index (κ1) is 8.49. The topological polar surface area (TPSA) is 52.6 Å². The number of carbonyl (C=O) groups excluding carboxylic acids is 1. The average Bonchev–Trinajstić information content (AvgIpc) is 1.85. The van der Waals surface area contributed by atoms with E-state index in [0.717, 1.165) is 13.0 Å². The van der Waals surface area contributed by atoms with Crippen LogP contribution in [0, 0.1) is 0 Å². The van der Waals surface area contributed by atoms with E-state index in [4.69, 9.17) is 5.11 Å². The summed E-state index contributed by atoms with van der Waals surface area (Å²) in [6.45, 7) is 3.07. The number of β-amino-alcohol motifs (C(OH)–C–C–N with tert-alkyl or cyclic N) is 1. The molecule has 1 fully saturated rings. The number of hydrogen-bond donors (Lipinski definition) is 2. The van der Waals surface area contributed by atoms with Crippen molar-refractivity contribution in [2.24, 2.45) is 0 Å². The Balaban J connectivity index is 2.28. The van der Waals surface area contributed by atoms with E-state index >= 15 is 0 Å². The third kappa shape index (κ3) is 2.86. The maximum atomic E-state index is 10.8. The van der Waals surface area contributed by atoms with Crippen molar-refractivity contribution in [2.75, 3.05) is 13.1 Å². The van der Waals surface area contributed by atoms with Crippen molar-refractivity contribution in [1.82, 2.24) is 10.4 Å². The van der Waals surface area contributed by atoms with Crippen molar-refractivity contribution in [3.05, 3.63) is 0 Å². The SMILES string of the molecule is CC(O)CN1CCCC(=O)N1. The second kappa shape index (κ2) is 3.69. The van der Waals surface area contributed by atoms with Crippen LogP contribution in [0.5, 0.6) is 0 Å². The second-order valence-corrected chi connectivity index (χ2v) is 2.93. The van der Waals surface area contributed by atoms with Gasteiger partial charge in [0.15, 0.2) is 0 Å². The number of hydrazine groups is 1. The van der Waals surface area contributed by atoms with Crippen LogP contribution in [0.3, 0.4) is 0 Å². The van der Waals surface area contributed by atoms with Crippen LogP contribution in [0.4, 0.5) is 0 Å². The van der Waals surface area contributed by atoms with Crippen molar-refractivity contribution in [2.45, 2.75) is 25.9 Å². The fourth-order valence-electron chi connectivity index (χ4n) is 1.17. The molecule has 1 aliphatic heterocycles. The number of nitrogens with zero attached hydrogens (tertiary/aromatic N) is 1. The summed E-state index contributed by atoms with van der Waals surface area (Å²) in [5.41, 5.74) is 2.68. The molecule has 0 bridgehead atoms. The van der Waals surface area contributed by atoms with Crippen molar-refractivity contribution in [1.29, 1.82) is 0 Å². The van der Waals surface area contributed by atoms with Crippen LogP contribution in [0.15, 0.2) is 0 Å².